The van der Waals surface area contributed by atoms with Crippen LogP contribution in [0.5, 0.6) is 5.88 Å². The molecule has 0 aliphatic heterocycles. The predicted octanol–water partition coefficient (Wildman–Crippen LogP) is 1.93. The number of carbonyl (C=O) groups excluding carboxylic acids is 1. The molecule has 21 heavy (non-hydrogen) atoms. The minimum absolute atomic E-state index is 0.0132. The van der Waals surface area contributed by atoms with E-state index in [0.29, 0.717) is 11.1 Å². The Morgan fingerprint density at radius 3 is 2.90 bits per heavy atom. The number of methoxy groups -OCH3 is 1. The van der Waals surface area contributed by atoms with Crippen LogP contribution in [0.3, 0.4) is 0 Å². The summed E-state index contributed by atoms with van der Waals surface area (Å²) in [6.07, 6.45) is 1.52. The number of aromatic nitrogens is 1. The van der Waals surface area contributed by atoms with Gasteiger partial charge in [-0.05, 0) is 17.7 Å². The highest BCUT2D eigenvalue weighted by atomic mass is 16.6. The van der Waals surface area contributed by atoms with Crippen LogP contribution < -0.4 is 10.1 Å². The SMILES string of the molecule is COc1ncccc1C(=O)NCc1cccc([N+](=O)[O-])c1. The summed E-state index contributed by atoms with van der Waals surface area (Å²) in [5.41, 5.74) is 0.937. The number of hydrogen-bond acceptors (Lipinski definition) is 5. The van der Waals surface area contributed by atoms with Crippen molar-refractivity contribution in [2.24, 2.45) is 0 Å². The van der Waals surface area contributed by atoms with E-state index in [0.717, 1.165) is 0 Å². The molecule has 1 N–H and O–H groups in total. The first-order valence-electron chi connectivity index (χ1n) is 6.12. The summed E-state index contributed by atoms with van der Waals surface area (Å²) in [5.74, 6) is -0.125. The molecule has 108 valence electrons. The van der Waals surface area contributed by atoms with Gasteiger partial charge in [0.1, 0.15) is 5.56 Å². The van der Waals surface area contributed by atoms with Crippen molar-refractivity contribution in [2.45, 2.75) is 6.54 Å². The smallest absolute Gasteiger partial charge is 0.269 e. The molecule has 0 saturated carbocycles. The van der Waals surface area contributed by atoms with Gasteiger partial charge in [0.25, 0.3) is 11.6 Å². The largest absolute Gasteiger partial charge is 0.480 e. The van der Waals surface area contributed by atoms with Gasteiger partial charge in [0.05, 0.1) is 12.0 Å². The lowest BCUT2D eigenvalue weighted by atomic mass is 10.2. The zero-order valence-electron chi connectivity index (χ0n) is 11.3. The summed E-state index contributed by atoms with van der Waals surface area (Å²) in [6.45, 7) is 0.179. The summed E-state index contributed by atoms with van der Waals surface area (Å²) in [7, 11) is 1.43. The van der Waals surface area contributed by atoms with Gasteiger partial charge in [0, 0.05) is 24.9 Å². The fraction of sp³-hybridized carbons (Fsp3) is 0.143. The average molecular weight is 287 g/mol. The number of non-ortho nitro benzene ring substituents is 1. The Kier molecular flexibility index (Phi) is 4.45. The molecule has 0 saturated heterocycles. The van der Waals surface area contributed by atoms with E-state index in [1.807, 2.05) is 0 Å². The second kappa shape index (κ2) is 6.47. The lowest BCUT2D eigenvalue weighted by molar-refractivity contribution is -0.384. The van der Waals surface area contributed by atoms with Crippen molar-refractivity contribution in [1.82, 2.24) is 10.3 Å². The molecule has 2 aromatic rings. The van der Waals surface area contributed by atoms with Gasteiger partial charge in [-0.25, -0.2) is 4.98 Å². The topological polar surface area (TPSA) is 94.4 Å². The Morgan fingerprint density at radius 2 is 2.19 bits per heavy atom. The molecule has 0 aliphatic rings. The highest BCUT2D eigenvalue weighted by Gasteiger charge is 2.13. The van der Waals surface area contributed by atoms with Crippen LogP contribution in [0.1, 0.15) is 15.9 Å². The third-order valence-corrected chi connectivity index (χ3v) is 2.78. The molecule has 1 aromatic heterocycles. The molecule has 0 unspecified atom stereocenters. The molecule has 1 heterocycles. The Morgan fingerprint density at radius 1 is 1.38 bits per heavy atom. The molecule has 0 aliphatic carbocycles. The molecule has 7 nitrogen and oxygen atoms in total. The number of nitrogens with zero attached hydrogens (tertiary/aromatic N) is 2. The quantitative estimate of drug-likeness (QED) is 0.669. The third kappa shape index (κ3) is 3.53. The maximum atomic E-state index is 12.1. The molecule has 0 fully saturated rings. The minimum atomic E-state index is -0.477. The van der Waals surface area contributed by atoms with E-state index < -0.39 is 4.92 Å². The van der Waals surface area contributed by atoms with E-state index in [2.05, 4.69) is 10.3 Å². The summed E-state index contributed by atoms with van der Waals surface area (Å²) >= 11 is 0. The van der Waals surface area contributed by atoms with Gasteiger partial charge < -0.3 is 10.1 Å². The summed E-state index contributed by atoms with van der Waals surface area (Å²) in [4.78, 5) is 26.2. The molecule has 0 bridgehead atoms. The Bertz CT molecular complexity index is 673. The second-order valence-electron chi connectivity index (χ2n) is 4.17. The number of hydrogen-bond donors (Lipinski definition) is 1. The van der Waals surface area contributed by atoms with Crippen molar-refractivity contribution in [3.8, 4) is 5.88 Å². The van der Waals surface area contributed by atoms with Gasteiger partial charge in [-0.1, -0.05) is 12.1 Å². The van der Waals surface area contributed by atoms with Crippen LogP contribution in [-0.2, 0) is 6.54 Å². The molecule has 0 spiro atoms. The summed E-state index contributed by atoms with van der Waals surface area (Å²) in [5, 5.41) is 13.4. The van der Waals surface area contributed by atoms with Crippen molar-refractivity contribution in [3.63, 3.8) is 0 Å². The first-order valence-corrected chi connectivity index (χ1v) is 6.12. The number of nitrogens with one attached hydrogen (secondary N) is 1. The van der Waals surface area contributed by atoms with Crippen LogP contribution in [0.15, 0.2) is 42.6 Å². The van der Waals surface area contributed by atoms with Crippen LogP contribution in [0.25, 0.3) is 0 Å². The first kappa shape index (κ1) is 14.4. The van der Waals surface area contributed by atoms with Gasteiger partial charge in [0.15, 0.2) is 0 Å². The number of nitro benzene ring substituents is 1. The number of amides is 1. The first-order chi connectivity index (χ1) is 10.1. The van der Waals surface area contributed by atoms with Crippen LogP contribution in [-0.4, -0.2) is 22.9 Å². The second-order valence-corrected chi connectivity index (χ2v) is 4.17. The average Bonchev–Trinajstić information content (AvgIpc) is 2.52. The zero-order valence-corrected chi connectivity index (χ0v) is 11.3. The van der Waals surface area contributed by atoms with Crippen LogP contribution in [0, 0.1) is 10.1 Å². The van der Waals surface area contributed by atoms with Crippen LogP contribution in [0.2, 0.25) is 0 Å². The maximum Gasteiger partial charge on any atom is 0.269 e. The van der Waals surface area contributed by atoms with Crippen molar-refractivity contribution in [2.75, 3.05) is 7.11 Å². The normalized spacial score (nSPS) is 9.95. The summed E-state index contributed by atoms with van der Waals surface area (Å²) in [6, 6.07) is 9.31. The number of carbonyl (C=O) groups is 1. The van der Waals surface area contributed by atoms with E-state index >= 15 is 0 Å². The maximum absolute atomic E-state index is 12.1. The molecule has 0 atom stereocenters. The van der Waals surface area contributed by atoms with E-state index in [9.17, 15) is 14.9 Å². The van der Waals surface area contributed by atoms with Gasteiger partial charge in [-0.3, -0.25) is 14.9 Å². The zero-order chi connectivity index (χ0) is 15.2. The lowest BCUT2D eigenvalue weighted by Gasteiger charge is -2.08. The molecule has 2 rings (SSSR count). The van der Waals surface area contributed by atoms with Crippen molar-refractivity contribution >= 4 is 11.6 Å². The lowest BCUT2D eigenvalue weighted by Crippen LogP contribution is -2.23. The minimum Gasteiger partial charge on any atom is -0.480 e. The molecule has 1 aromatic carbocycles. The highest BCUT2D eigenvalue weighted by Crippen LogP contribution is 2.15. The van der Waals surface area contributed by atoms with E-state index in [-0.39, 0.29) is 24.0 Å². The number of ether oxygens (including phenoxy) is 1. The Balaban J connectivity index is 2.07. The third-order valence-electron chi connectivity index (χ3n) is 2.78. The monoisotopic (exact) mass is 287 g/mol. The van der Waals surface area contributed by atoms with Crippen LogP contribution in [0.4, 0.5) is 5.69 Å². The molecule has 0 radical (unpaired) electrons. The summed E-state index contributed by atoms with van der Waals surface area (Å²) < 4.78 is 5.01. The molecular weight excluding hydrogens is 274 g/mol. The number of benzene rings is 1. The predicted molar refractivity (Wildman–Crippen MR) is 75.1 cm³/mol. The van der Waals surface area contributed by atoms with Crippen molar-refractivity contribution in [1.29, 1.82) is 0 Å². The van der Waals surface area contributed by atoms with Gasteiger partial charge in [0.2, 0.25) is 5.88 Å². The number of pyridine rings is 1. The van der Waals surface area contributed by atoms with E-state index in [1.54, 1.807) is 24.3 Å². The Labute approximate surface area is 120 Å². The Hall–Kier alpha value is -2.96. The van der Waals surface area contributed by atoms with Crippen molar-refractivity contribution in [3.05, 3.63) is 63.8 Å². The molecular formula is C14H13N3O4. The number of nitro groups is 1. The molecule has 1 amide bonds. The fourth-order valence-electron chi connectivity index (χ4n) is 1.78. The van der Waals surface area contributed by atoms with Gasteiger partial charge in [-0.2, -0.15) is 0 Å². The molecule has 7 heteroatoms. The van der Waals surface area contributed by atoms with Crippen molar-refractivity contribution < 1.29 is 14.5 Å². The van der Waals surface area contributed by atoms with E-state index in [1.165, 1.54) is 25.4 Å². The van der Waals surface area contributed by atoms with Crippen LogP contribution >= 0.6 is 0 Å². The standard InChI is InChI=1S/C14H13N3O4/c1-21-14-12(6-3-7-15-14)13(18)16-9-10-4-2-5-11(8-10)17(19)20/h2-8H,9H2,1H3,(H,16,18). The fourth-order valence-corrected chi connectivity index (χ4v) is 1.78. The van der Waals surface area contributed by atoms with Gasteiger partial charge in [-0.15, -0.1) is 0 Å². The van der Waals surface area contributed by atoms with Gasteiger partial charge >= 0.3 is 0 Å². The van der Waals surface area contributed by atoms with E-state index in [4.69, 9.17) is 4.74 Å². The highest BCUT2D eigenvalue weighted by molar-refractivity contribution is 5.96. The number of rotatable bonds is 5.